The van der Waals surface area contributed by atoms with Crippen LogP contribution in [-0.2, 0) is 6.54 Å². The molecule has 0 unspecified atom stereocenters. The maximum absolute atomic E-state index is 11.0. The topological polar surface area (TPSA) is 135 Å². The van der Waals surface area contributed by atoms with Crippen LogP contribution in [0.5, 0.6) is 0 Å². The van der Waals surface area contributed by atoms with Gasteiger partial charge in [-0.1, -0.05) is 17.3 Å². The molecule has 0 aliphatic rings. The summed E-state index contributed by atoms with van der Waals surface area (Å²) < 4.78 is 1.47. The van der Waals surface area contributed by atoms with Crippen molar-refractivity contribution in [1.29, 1.82) is 5.26 Å². The van der Waals surface area contributed by atoms with E-state index in [4.69, 9.17) is 5.26 Å². The number of nitriles is 1. The summed E-state index contributed by atoms with van der Waals surface area (Å²) in [5.41, 5.74) is 4.35. The molecule has 10 nitrogen and oxygen atoms in total. The first-order valence-electron chi connectivity index (χ1n) is 9.27. The molecule has 0 aliphatic carbocycles. The molecular formula is C21H16N8O2. The molecule has 1 N–H and O–H groups in total. The average molecular weight is 412 g/mol. The highest BCUT2D eigenvalue weighted by atomic mass is 16.6. The summed E-state index contributed by atoms with van der Waals surface area (Å²) in [6.07, 6.45) is 3.34. The standard InChI is InChI=1S/C21H16N8O2/c1-14-9-15(11-22)5-6-19(14)20-7-8-23-21(25-20)24-12-16-13-28(27-26-16)17-3-2-4-18(10-17)29(30)31/h2-10,13H,12H2,1H3,(H,23,24,25). The van der Waals surface area contributed by atoms with E-state index < -0.39 is 4.92 Å². The third-order valence-corrected chi connectivity index (χ3v) is 4.56. The Morgan fingerprint density at radius 2 is 2.10 bits per heavy atom. The number of aromatic nitrogens is 5. The van der Waals surface area contributed by atoms with Gasteiger partial charge >= 0.3 is 0 Å². The van der Waals surface area contributed by atoms with Gasteiger partial charge in [-0.15, -0.1) is 5.10 Å². The van der Waals surface area contributed by atoms with Crippen LogP contribution in [0.2, 0.25) is 0 Å². The third kappa shape index (κ3) is 4.35. The number of non-ortho nitro benzene ring substituents is 1. The van der Waals surface area contributed by atoms with Gasteiger partial charge in [0.1, 0.15) is 5.69 Å². The summed E-state index contributed by atoms with van der Waals surface area (Å²) in [5, 5.41) is 31.2. The molecule has 2 aromatic carbocycles. The van der Waals surface area contributed by atoms with Gasteiger partial charge in [-0.3, -0.25) is 10.1 Å². The van der Waals surface area contributed by atoms with E-state index in [0.717, 1.165) is 16.8 Å². The average Bonchev–Trinajstić information content (AvgIpc) is 3.27. The fourth-order valence-corrected chi connectivity index (χ4v) is 3.04. The van der Waals surface area contributed by atoms with Crippen LogP contribution in [0.25, 0.3) is 16.9 Å². The zero-order valence-corrected chi connectivity index (χ0v) is 16.4. The summed E-state index contributed by atoms with van der Waals surface area (Å²) in [4.78, 5) is 19.3. The molecule has 4 rings (SSSR count). The highest BCUT2D eigenvalue weighted by Gasteiger charge is 2.10. The fraction of sp³-hybridized carbons (Fsp3) is 0.0952. The number of benzene rings is 2. The zero-order chi connectivity index (χ0) is 21.8. The third-order valence-electron chi connectivity index (χ3n) is 4.56. The first-order valence-corrected chi connectivity index (χ1v) is 9.27. The zero-order valence-electron chi connectivity index (χ0n) is 16.4. The summed E-state index contributed by atoms with van der Waals surface area (Å²) in [7, 11) is 0. The Bertz CT molecular complexity index is 1310. The molecule has 0 bridgehead atoms. The largest absolute Gasteiger partial charge is 0.348 e. The Hall–Kier alpha value is -4.65. The first-order chi connectivity index (χ1) is 15.0. The van der Waals surface area contributed by atoms with Crippen LogP contribution < -0.4 is 5.32 Å². The second-order valence-electron chi connectivity index (χ2n) is 6.69. The summed E-state index contributed by atoms with van der Waals surface area (Å²) in [5.74, 6) is 0.422. The number of nitrogens with one attached hydrogen (secondary N) is 1. The van der Waals surface area contributed by atoms with E-state index in [1.165, 1.54) is 16.8 Å². The Balaban J connectivity index is 1.48. The Labute approximate surface area is 177 Å². The number of hydrogen-bond donors (Lipinski definition) is 1. The summed E-state index contributed by atoms with van der Waals surface area (Å²) in [6, 6.07) is 15.5. The Morgan fingerprint density at radius 3 is 2.87 bits per heavy atom. The first kappa shape index (κ1) is 19.7. The lowest BCUT2D eigenvalue weighted by molar-refractivity contribution is -0.384. The molecule has 0 saturated heterocycles. The van der Waals surface area contributed by atoms with Gasteiger partial charge < -0.3 is 5.32 Å². The van der Waals surface area contributed by atoms with Crippen LogP contribution in [-0.4, -0.2) is 29.9 Å². The van der Waals surface area contributed by atoms with Crippen molar-refractivity contribution in [3.05, 3.63) is 87.9 Å². The lowest BCUT2D eigenvalue weighted by atomic mass is 10.0. The smallest absolute Gasteiger partial charge is 0.271 e. The van der Waals surface area contributed by atoms with Crippen LogP contribution in [0.1, 0.15) is 16.8 Å². The maximum atomic E-state index is 11.0. The van der Waals surface area contributed by atoms with E-state index in [1.807, 2.05) is 19.1 Å². The van der Waals surface area contributed by atoms with Crippen LogP contribution in [0, 0.1) is 28.4 Å². The number of hydrogen-bond acceptors (Lipinski definition) is 8. The van der Waals surface area contributed by atoms with Crippen molar-refractivity contribution in [1.82, 2.24) is 25.0 Å². The Morgan fingerprint density at radius 1 is 1.23 bits per heavy atom. The number of nitro groups is 1. The van der Waals surface area contributed by atoms with Crippen LogP contribution in [0.4, 0.5) is 11.6 Å². The molecule has 31 heavy (non-hydrogen) atoms. The summed E-state index contributed by atoms with van der Waals surface area (Å²) >= 11 is 0. The molecule has 4 aromatic rings. The molecule has 0 amide bonds. The van der Waals surface area contributed by atoms with Gasteiger partial charge in [0.05, 0.1) is 40.7 Å². The van der Waals surface area contributed by atoms with Crippen molar-refractivity contribution in [3.8, 4) is 23.0 Å². The molecule has 2 aromatic heterocycles. The normalized spacial score (nSPS) is 10.5. The molecule has 10 heteroatoms. The minimum Gasteiger partial charge on any atom is -0.348 e. The monoisotopic (exact) mass is 412 g/mol. The van der Waals surface area contributed by atoms with Gasteiger partial charge in [0.2, 0.25) is 5.95 Å². The minimum absolute atomic E-state index is 0.0176. The van der Waals surface area contributed by atoms with Gasteiger partial charge in [-0.05, 0) is 36.8 Å². The number of nitro benzene ring substituents is 1. The number of rotatable bonds is 6. The van der Waals surface area contributed by atoms with Gasteiger partial charge in [-0.25, -0.2) is 14.6 Å². The lowest BCUT2D eigenvalue weighted by Crippen LogP contribution is -2.04. The summed E-state index contributed by atoms with van der Waals surface area (Å²) in [6.45, 7) is 2.25. The van der Waals surface area contributed by atoms with Crippen molar-refractivity contribution in [3.63, 3.8) is 0 Å². The molecule has 0 spiro atoms. The second kappa shape index (κ2) is 8.38. The quantitative estimate of drug-likeness (QED) is 0.376. The van der Waals surface area contributed by atoms with Crippen LogP contribution >= 0.6 is 0 Å². The van der Waals surface area contributed by atoms with Gasteiger partial charge in [0, 0.05) is 23.9 Å². The van der Waals surface area contributed by atoms with Crippen molar-refractivity contribution in [2.75, 3.05) is 5.32 Å². The second-order valence-corrected chi connectivity index (χ2v) is 6.69. The Kier molecular flexibility index (Phi) is 5.31. The van der Waals surface area contributed by atoms with Gasteiger partial charge in [0.15, 0.2) is 0 Å². The molecule has 0 radical (unpaired) electrons. The number of aryl methyl sites for hydroxylation is 1. The van der Waals surface area contributed by atoms with E-state index in [9.17, 15) is 10.1 Å². The van der Waals surface area contributed by atoms with E-state index in [0.29, 0.717) is 29.4 Å². The van der Waals surface area contributed by atoms with Crippen molar-refractivity contribution < 1.29 is 4.92 Å². The molecule has 0 saturated carbocycles. The SMILES string of the molecule is Cc1cc(C#N)ccc1-c1ccnc(NCc2cn(-c3cccc([N+](=O)[O-])c3)nn2)n1. The van der Waals surface area contributed by atoms with E-state index in [-0.39, 0.29) is 5.69 Å². The lowest BCUT2D eigenvalue weighted by Gasteiger charge is -2.08. The maximum Gasteiger partial charge on any atom is 0.271 e. The number of anilines is 1. The van der Waals surface area contributed by atoms with Gasteiger partial charge in [0.25, 0.3) is 5.69 Å². The van der Waals surface area contributed by atoms with Crippen LogP contribution in [0.15, 0.2) is 60.9 Å². The molecular weight excluding hydrogens is 396 g/mol. The van der Waals surface area contributed by atoms with Gasteiger partial charge in [-0.2, -0.15) is 5.26 Å². The van der Waals surface area contributed by atoms with E-state index >= 15 is 0 Å². The molecule has 0 aliphatic heterocycles. The van der Waals surface area contributed by atoms with Crippen molar-refractivity contribution in [2.45, 2.75) is 13.5 Å². The predicted molar refractivity (Wildman–Crippen MR) is 112 cm³/mol. The number of nitrogens with zero attached hydrogens (tertiary/aromatic N) is 7. The fourth-order valence-electron chi connectivity index (χ4n) is 3.04. The molecule has 0 fully saturated rings. The van der Waals surface area contributed by atoms with E-state index in [1.54, 1.807) is 36.7 Å². The minimum atomic E-state index is -0.456. The highest BCUT2D eigenvalue weighted by Crippen LogP contribution is 2.23. The van der Waals surface area contributed by atoms with Crippen molar-refractivity contribution >= 4 is 11.6 Å². The van der Waals surface area contributed by atoms with Crippen molar-refractivity contribution in [2.24, 2.45) is 0 Å². The molecule has 2 heterocycles. The highest BCUT2D eigenvalue weighted by molar-refractivity contribution is 5.65. The van der Waals surface area contributed by atoms with Crippen LogP contribution in [0.3, 0.4) is 0 Å². The van der Waals surface area contributed by atoms with E-state index in [2.05, 4.69) is 31.7 Å². The predicted octanol–water partition coefficient (Wildman–Crippen LogP) is 3.42. The molecule has 152 valence electrons. The molecule has 0 atom stereocenters.